The Balaban J connectivity index is 1.85. The van der Waals surface area contributed by atoms with Crippen molar-refractivity contribution in [2.24, 2.45) is 0 Å². The zero-order valence-corrected chi connectivity index (χ0v) is 15.6. The summed E-state index contributed by atoms with van der Waals surface area (Å²) < 4.78 is 53.1. The zero-order chi connectivity index (χ0) is 20.3. The molecule has 0 aliphatic heterocycles. The van der Waals surface area contributed by atoms with Crippen LogP contribution in [-0.4, -0.2) is 21.4 Å². The maximum atomic E-state index is 13.3. The molecule has 0 fully saturated rings. The van der Waals surface area contributed by atoms with Gasteiger partial charge in [0.2, 0.25) is 0 Å². The molecule has 0 saturated carbocycles. The molecule has 0 unspecified atom stereocenters. The number of rotatable bonds is 5. The van der Waals surface area contributed by atoms with E-state index in [1.807, 2.05) is 0 Å². The van der Waals surface area contributed by atoms with Gasteiger partial charge in [-0.2, -0.15) is 0 Å². The molecule has 0 bridgehead atoms. The Kier molecular flexibility index (Phi) is 5.41. The molecule has 0 radical (unpaired) electrons. The summed E-state index contributed by atoms with van der Waals surface area (Å²) in [5.41, 5.74) is 0.601. The van der Waals surface area contributed by atoms with Gasteiger partial charge in [-0.15, -0.1) is 0 Å². The van der Waals surface area contributed by atoms with E-state index in [1.165, 1.54) is 31.3 Å². The third-order valence-electron chi connectivity index (χ3n) is 4.05. The monoisotopic (exact) mass is 402 g/mol. The van der Waals surface area contributed by atoms with Gasteiger partial charge < -0.3 is 5.32 Å². The molecule has 0 atom stereocenters. The lowest BCUT2D eigenvalue weighted by molar-refractivity contribution is 0.102. The van der Waals surface area contributed by atoms with Crippen LogP contribution in [0.2, 0.25) is 0 Å². The summed E-state index contributed by atoms with van der Waals surface area (Å²) in [6.07, 6.45) is 0. The van der Waals surface area contributed by atoms with E-state index in [1.54, 1.807) is 30.3 Å². The standard InChI is InChI=1S/C20H16F2N2O3S/c1-24(16-7-3-2-4-8-16)28(26,27)17-9-5-6-15(13-17)23-20(25)14-10-11-18(21)19(22)12-14/h2-13H,1H3,(H,23,25). The number of anilines is 2. The number of benzene rings is 3. The molecule has 3 aromatic carbocycles. The molecule has 0 aromatic heterocycles. The highest BCUT2D eigenvalue weighted by molar-refractivity contribution is 7.92. The van der Waals surface area contributed by atoms with Crippen LogP contribution in [0, 0.1) is 11.6 Å². The second-order valence-electron chi connectivity index (χ2n) is 5.92. The lowest BCUT2D eigenvalue weighted by Crippen LogP contribution is -2.26. The van der Waals surface area contributed by atoms with Gasteiger partial charge >= 0.3 is 0 Å². The van der Waals surface area contributed by atoms with Crippen molar-refractivity contribution < 1.29 is 22.0 Å². The fourth-order valence-corrected chi connectivity index (χ4v) is 3.75. The van der Waals surface area contributed by atoms with Crippen molar-refractivity contribution in [2.45, 2.75) is 4.90 Å². The predicted octanol–water partition coefficient (Wildman–Crippen LogP) is 4.04. The highest BCUT2D eigenvalue weighted by Gasteiger charge is 2.21. The van der Waals surface area contributed by atoms with Crippen molar-refractivity contribution in [2.75, 3.05) is 16.7 Å². The summed E-state index contributed by atoms with van der Waals surface area (Å²) in [6.45, 7) is 0. The summed E-state index contributed by atoms with van der Waals surface area (Å²) in [6, 6.07) is 17.0. The van der Waals surface area contributed by atoms with Crippen molar-refractivity contribution >= 4 is 27.3 Å². The number of carbonyl (C=O) groups excluding carboxylic acids is 1. The van der Waals surface area contributed by atoms with E-state index in [2.05, 4.69) is 5.32 Å². The van der Waals surface area contributed by atoms with Gasteiger partial charge in [-0.05, 0) is 48.5 Å². The fraction of sp³-hybridized carbons (Fsp3) is 0.0500. The lowest BCUT2D eigenvalue weighted by atomic mass is 10.2. The van der Waals surface area contributed by atoms with Gasteiger partial charge in [0.15, 0.2) is 11.6 Å². The highest BCUT2D eigenvalue weighted by Crippen LogP contribution is 2.24. The summed E-state index contributed by atoms with van der Waals surface area (Å²) in [7, 11) is -2.43. The van der Waals surface area contributed by atoms with Gasteiger partial charge in [-0.1, -0.05) is 24.3 Å². The van der Waals surface area contributed by atoms with E-state index in [9.17, 15) is 22.0 Å². The number of hydrogen-bond acceptors (Lipinski definition) is 3. The normalized spacial score (nSPS) is 11.1. The maximum absolute atomic E-state index is 13.3. The van der Waals surface area contributed by atoms with E-state index in [-0.39, 0.29) is 16.1 Å². The zero-order valence-electron chi connectivity index (χ0n) is 14.8. The van der Waals surface area contributed by atoms with Crippen LogP contribution in [0.3, 0.4) is 0 Å². The second kappa shape index (κ2) is 7.77. The second-order valence-corrected chi connectivity index (χ2v) is 7.89. The van der Waals surface area contributed by atoms with Crippen LogP contribution in [0.5, 0.6) is 0 Å². The van der Waals surface area contributed by atoms with Crippen molar-refractivity contribution in [1.29, 1.82) is 0 Å². The molecule has 3 rings (SSSR count). The molecule has 144 valence electrons. The maximum Gasteiger partial charge on any atom is 0.264 e. The SMILES string of the molecule is CN(c1ccccc1)S(=O)(=O)c1cccc(NC(=O)c2ccc(F)c(F)c2)c1. The Bertz CT molecular complexity index is 1120. The number of amides is 1. The van der Waals surface area contributed by atoms with Crippen LogP contribution in [-0.2, 0) is 10.0 Å². The van der Waals surface area contributed by atoms with Crippen molar-refractivity contribution in [3.63, 3.8) is 0 Å². The van der Waals surface area contributed by atoms with Crippen LogP contribution in [0.4, 0.5) is 20.2 Å². The van der Waals surface area contributed by atoms with Crippen molar-refractivity contribution in [1.82, 2.24) is 0 Å². The average Bonchev–Trinajstić information content (AvgIpc) is 2.70. The van der Waals surface area contributed by atoms with E-state index >= 15 is 0 Å². The van der Waals surface area contributed by atoms with Gasteiger partial charge in [0, 0.05) is 18.3 Å². The average molecular weight is 402 g/mol. The molecule has 3 aromatic rings. The first kappa shape index (κ1) is 19.5. The molecular formula is C20H16F2N2O3S. The highest BCUT2D eigenvalue weighted by atomic mass is 32.2. The summed E-state index contributed by atoms with van der Waals surface area (Å²) in [5, 5.41) is 2.49. The molecule has 0 saturated heterocycles. The number of sulfonamides is 1. The Labute approximate surface area is 161 Å². The Morgan fingerprint density at radius 2 is 1.61 bits per heavy atom. The summed E-state index contributed by atoms with van der Waals surface area (Å²) >= 11 is 0. The lowest BCUT2D eigenvalue weighted by Gasteiger charge is -2.19. The first-order valence-corrected chi connectivity index (χ1v) is 9.63. The molecule has 1 N–H and O–H groups in total. The number of para-hydroxylation sites is 1. The Hall–Kier alpha value is -3.26. The third-order valence-corrected chi connectivity index (χ3v) is 5.83. The minimum atomic E-state index is -3.85. The minimum absolute atomic E-state index is 0.0260. The van der Waals surface area contributed by atoms with Crippen LogP contribution < -0.4 is 9.62 Å². The first-order valence-electron chi connectivity index (χ1n) is 8.19. The van der Waals surface area contributed by atoms with Gasteiger partial charge in [-0.25, -0.2) is 17.2 Å². The quantitative estimate of drug-likeness (QED) is 0.700. The molecule has 8 heteroatoms. The van der Waals surface area contributed by atoms with Crippen LogP contribution in [0.25, 0.3) is 0 Å². The van der Waals surface area contributed by atoms with Crippen LogP contribution >= 0.6 is 0 Å². The molecule has 28 heavy (non-hydrogen) atoms. The first-order chi connectivity index (χ1) is 13.3. The number of nitrogens with one attached hydrogen (secondary N) is 1. The predicted molar refractivity (Wildman–Crippen MR) is 103 cm³/mol. The molecule has 0 aliphatic rings. The smallest absolute Gasteiger partial charge is 0.264 e. The van der Waals surface area contributed by atoms with Gasteiger partial charge in [0.1, 0.15) is 0 Å². The minimum Gasteiger partial charge on any atom is -0.322 e. The number of halogens is 2. The Morgan fingerprint density at radius 3 is 2.29 bits per heavy atom. The molecular weight excluding hydrogens is 386 g/mol. The topological polar surface area (TPSA) is 66.5 Å². The third kappa shape index (κ3) is 4.01. The molecule has 0 aliphatic carbocycles. The molecule has 0 spiro atoms. The number of hydrogen-bond donors (Lipinski definition) is 1. The van der Waals surface area contributed by atoms with E-state index in [0.29, 0.717) is 5.69 Å². The largest absolute Gasteiger partial charge is 0.322 e. The fourth-order valence-electron chi connectivity index (χ4n) is 2.51. The van der Waals surface area contributed by atoms with Crippen LogP contribution in [0.1, 0.15) is 10.4 Å². The van der Waals surface area contributed by atoms with Crippen molar-refractivity contribution in [3.05, 3.63) is 90.0 Å². The molecule has 5 nitrogen and oxygen atoms in total. The Morgan fingerprint density at radius 1 is 0.893 bits per heavy atom. The van der Waals surface area contributed by atoms with Crippen molar-refractivity contribution in [3.8, 4) is 0 Å². The van der Waals surface area contributed by atoms with E-state index < -0.39 is 27.6 Å². The van der Waals surface area contributed by atoms with Gasteiger partial charge in [0.05, 0.1) is 10.6 Å². The number of carbonyl (C=O) groups is 1. The van der Waals surface area contributed by atoms with Gasteiger partial charge in [-0.3, -0.25) is 9.10 Å². The molecule has 0 heterocycles. The number of nitrogens with zero attached hydrogens (tertiary/aromatic N) is 1. The van der Waals surface area contributed by atoms with Gasteiger partial charge in [0.25, 0.3) is 15.9 Å². The van der Waals surface area contributed by atoms with E-state index in [4.69, 9.17) is 0 Å². The summed E-state index contributed by atoms with van der Waals surface area (Å²) in [4.78, 5) is 12.2. The van der Waals surface area contributed by atoms with E-state index in [0.717, 1.165) is 22.5 Å². The summed E-state index contributed by atoms with van der Waals surface area (Å²) in [5.74, 6) is -2.90. The van der Waals surface area contributed by atoms with Crippen LogP contribution in [0.15, 0.2) is 77.7 Å². The molecule has 1 amide bonds.